The molecule has 2 unspecified atom stereocenters. The molecule has 1 aromatic heterocycles. The zero-order chi connectivity index (χ0) is 15.7. The van der Waals surface area contributed by atoms with Crippen molar-refractivity contribution in [1.29, 1.82) is 0 Å². The van der Waals surface area contributed by atoms with Gasteiger partial charge in [0.2, 0.25) is 0 Å². The van der Waals surface area contributed by atoms with Crippen LogP contribution in [0.4, 0.5) is 0 Å². The fraction of sp³-hybridized carbons (Fsp3) is 0.450. The minimum Gasteiger partial charge on any atom is -0.311 e. The van der Waals surface area contributed by atoms with Crippen LogP contribution in [0.5, 0.6) is 0 Å². The predicted molar refractivity (Wildman–Crippen MR) is 92.3 cm³/mol. The molecule has 0 radical (unpaired) electrons. The molecule has 0 bridgehead atoms. The average Bonchev–Trinajstić information content (AvgIpc) is 2.54. The standard InChI is InChI=1S/C20H25NO/c1-4-15-12-16(5-2)20-18(9-10-19(22)21(20)13-15)17-8-6-7-14(3)11-17/h6-11,15-16H,4-5,12-13H2,1-3H3. The molecule has 0 N–H and O–H groups in total. The van der Waals surface area contributed by atoms with Gasteiger partial charge >= 0.3 is 0 Å². The van der Waals surface area contributed by atoms with Crippen LogP contribution in [-0.4, -0.2) is 4.57 Å². The van der Waals surface area contributed by atoms with E-state index in [1.54, 1.807) is 6.07 Å². The van der Waals surface area contributed by atoms with E-state index in [-0.39, 0.29) is 5.56 Å². The number of aryl methyl sites for hydroxylation is 1. The number of fused-ring (bicyclic) bond motifs is 1. The summed E-state index contributed by atoms with van der Waals surface area (Å²) in [5.74, 6) is 1.12. The highest BCUT2D eigenvalue weighted by molar-refractivity contribution is 5.67. The van der Waals surface area contributed by atoms with Gasteiger partial charge in [-0.05, 0) is 37.3 Å². The Hall–Kier alpha value is -1.83. The Morgan fingerprint density at radius 1 is 1.14 bits per heavy atom. The summed E-state index contributed by atoms with van der Waals surface area (Å²) in [6.07, 6.45) is 3.45. The molecule has 1 aliphatic rings. The number of aromatic nitrogens is 1. The van der Waals surface area contributed by atoms with Gasteiger partial charge < -0.3 is 4.57 Å². The molecule has 2 aromatic rings. The summed E-state index contributed by atoms with van der Waals surface area (Å²) < 4.78 is 2.05. The molecular weight excluding hydrogens is 270 g/mol. The van der Waals surface area contributed by atoms with Crippen LogP contribution in [0.25, 0.3) is 11.1 Å². The molecule has 2 heterocycles. The van der Waals surface area contributed by atoms with Crippen LogP contribution in [-0.2, 0) is 6.54 Å². The third-order valence-corrected chi connectivity index (χ3v) is 5.07. The summed E-state index contributed by atoms with van der Waals surface area (Å²) in [5.41, 5.74) is 5.15. The molecule has 1 aromatic carbocycles. The summed E-state index contributed by atoms with van der Waals surface area (Å²) in [4.78, 5) is 12.4. The van der Waals surface area contributed by atoms with E-state index in [1.807, 2.05) is 10.6 Å². The third-order valence-electron chi connectivity index (χ3n) is 5.07. The smallest absolute Gasteiger partial charge is 0.250 e. The molecule has 22 heavy (non-hydrogen) atoms. The summed E-state index contributed by atoms with van der Waals surface area (Å²) >= 11 is 0. The lowest BCUT2D eigenvalue weighted by molar-refractivity contribution is 0.306. The molecular formula is C20H25NO. The maximum atomic E-state index is 12.4. The molecule has 116 valence electrons. The van der Waals surface area contributed by atoms with E-state index in [0.29, 0.717) is 11.8 Å². The number of rotatable bonds is 3. The molecule has 2 atom stereocenters. The zero-order valence-electron chi connectivity index (χ0n) is 13.8. The second kappa shape index (κ2) is 6.12. The molecule has 0 aliphatic carbocycles. The summed E-state index contributed by atoms with van der Waals surface area (Å²) in [7, 11) is 0. The Balaban J connectivity index is 2.20. The van der Waals surface area contributed by atoms with Crippen molar-refractivity contribution >= 4 is 0 Å². The Labute approximate surface area is 132 Å². The number of pyridine rings is 1. The highest BCUT2D eigenvalue weighted by atomic mass is 16.1. The highest BCUT2D eigenvalue weighted by Gasteiger charge is 2.28. The Morgan fingerprint density at radius 3 is 2.64 bits per heavy atom. The largest absolute Gasteiger partial charge is 0.311 e. The molecule has 0 saturated heterocycles. The Morgan fingerprint density at radius 2 is 1.95 bits per heavy atom. The van der Waals surface area contributed by atoms with Crippen molar-refractivity contribution in [3.63, 3.8) is 0 Å². The van der Waals surface area contributed by atoms with E-state index < -0.39 is 0 Å². The molecule has 0 amide bonds. The van der Waals surface area contributed by atoms with Crippen molar-refractivity contribution in [1.82, 2.24) is 4.57 Å². The Bertz CT molecular complexity index is 729. The predicted octanol–water partition coefficient (Wildman–Crippen LogP) is 4.75. The van der Waals surface area contributed by atoms with Crippen LogP contribution >= 0.6 is 0 Å². The topological polar surface area (TPSA) is 22.0 Å². The van der Waals surface area contributed by atoms with Gasteiger partial charge in [0, 0.05) is 29.8 Å². The minimum atomic E-state index is 0.156. The molecule has 3 rings (SSSR count). The first-order valence-electron chi connectivity index (χ1n) is 8.44. The van der Waals surface area contributed by atoms with Crippen LogP contribution in [0.15, 0.2) is 41.2 Å². The van der Waals surface area contributed by atoms with Gasteiger partial charge in [-0.15, -0.1) is 0 Å². The first kappa shape index (κ1) is 15.1. The average molecular weight is 295 g/mol. The molecule has 0 fully saturated rings. The van der Waals surface area contributed by atoms with E-state index in [4.69, 9.17) is 0 Å². The van der Waals surface area contributed by atoms with Gasteiger partial charge in [-0.3, -0.25) is 4.79 Å². The molecule has 2 nitrogen and oxygen atoms in total. The normalized spacial score (nSPS) is 20.7. The van der Waals surface area contributed by atoms with Gasteiger partial charge in [0.15, 0.2) is 0 Å². The molecule has 0 spiro atoms. The minimum absolute atomic E-state index is 0.156. The van der Waals surface area contributed by atoms with Crippen molar-refractivity contribution in [3.05, 3.63) is 58.0 Å². The number of hydrogen-bond acceptors (Lipinski definition) is 1. The van der Waals surface area contributed by atoms with Crippen molar-refractivity contribution in [2.45, 2.75) is 52.5 Å². The van der Waals surface area contributed by atoms with Gasteiger partial charge in [-0.1, -0.05) is 50.1 Å². The molecule has 0 saturated carbocycles. The number of benzene rings is 1. The monoisotopic (exact) mass is 295 g/mol. The third kappa shape index (κ3) is 2.63. The van der Waals surface area contributed by atoms with E-state index >= 15 is 0 Å². The fourth-order valence-electron chi connectivity index (χ4n) is 3.78. The van der Waals surface area contributed by atoms with E-state index in [9.17, 15) is 4.79 Å². The van der Waals surface area contributed by atoms with Crippen molar-refractivity contribution in [3.8, 4) is 11.1 Å². The van der Waals surface area contributed by atoms with E-state index in [0.717, 1.165) is 19.4 Å². The second-order valence-corrected chi connectivity index (χ2v) is 6.57. The SMILES string of the molecule is CCC1CC(CC)c2c(-c3cccc(C)c3)ccc(=O)n2C1. The maximum absolute atomic E-state index is 12.4. The van der Waals surface area contributed by atoms with Crippen molar-refractivity contribution < 1.29 is 0 Å². The highest BCUT2D eigenvalue weighted by Crippen LogP contribution is 2.38. The lowest BCUT2D eigenvalue weighted by atomic mass is 9.81. The first-order chi connectivity index (χ1) is 10.6. The summed E-state index contributed by atoms with van der Waals surface area (Å²) in [5, 5.41) is 0. The fourth-order valence-corrected chi connectivity index (χ4v) is 3.78. The molecule has 2 heteroatoms. The van der Waals surface area contributed by atoms with Crippen LogP contribution in [0.2, 0.25) is 0 Å². The Kier molecular flexibility index (Phi) is 4.19. The van der Waals surface area contributed by atoms with Gasteiger partial charge in [0.05, 0.1) is 0 Å². The summed E-state index contributed by atoms with van der Waals surface area (Å²) in [6.45, 7) is 7.47. The summed E-state index contributed by atoms with van der Waals surface area (Å²) in [6, 6.07) is 12.4. The van der Waals surface area contributed by atoms with Gasteiger partial charge in [0.1, 0.15) is 0 Å². The second-order valence-electron chi connectivity index (χ2n) is 6.57. The van der Waals surface area contributed by atoms with E-state index in [1.165, 1.54) is 28.8 Å². The molecule has 1 aliphatic heterocycles. The number of hydrogen-bond donors (Lipinski definition) is 0. The lowest BCUT2D eigenvalue weighted by Crippen LogP contribution is -2.33. The lowest BCUT2D eigenvalue weighted by Gasteiger charge is -2.33. The van der Waals surface area contributed by atoms with Gasteiger partial charge in [0.25, 0.3) is 5.56 Å². The maximum Gasteiger partial charge on any atom is 0.250 e. The van der Waals surface area contributed by atoms with E-state index in [2.05, 4.69) is 45.0 Å². The number of nitrogens with zero attached hydrogens (tertiary/aromatic N) is 1. The zero-order valence-corrected chi connectivity index (χ0v) is 13.8. The van der Waals surface area contributed by atoms with Gasteiger partial charge in [-0.2, -0.15) is 0 Å². The first-order valence-corrected chi connectivity index (χ1v) is 8.44. The quantitative estimate of drug-likeness (QED) is 0.801. The van der Waals surface area contributed by atoms with Gasteiger partial charge in [-0.25, -0.2) is 0 Å². The van der Waals surface area contributed by atoms with Crippen LogP contribution in [0.1, 0.15) is 50.3 Å². The van der Waals surface area contributed by atoms with Crippen molar-refractivity contribution in [2.24, 2.45) is 5.92 Å². The van der Waals surface area contributed by atoms with Crippen LogP contribution < -0.4 is 5.56 Å². The van der Waals surface area contributed by atoms with Crippen LogP contribution in [0, 0.1) is 12.8 Å². The van der Waals surface area contributed by atoms with Crippen LogP contribution in [0.3, 0.4) is 0 Å². The van der Waals surface area contributed by atoms with Crippen molar-refractivity contribution in [2.75, 3.05) is 0 Å².